The van der Waals surface area contributed by atoms with E-state index in [0.717, 1.165) is 50.1 Å². The lowest BCUT2D eigenvalue weighted by Crippen LogP contribution is -2.61. The summed E-state index contributed by atoms with van der Waals surface area (Å²) in [5.74, 6) is 3.71. The number of nitrogens with one attached hydrogen (secondary N) is 1. The van der Waals surface area contributed by atoms with E-state index >= 15 is 0 Å². The fourth-order valence-corrected chi connectivity index (χ4v) is 8.42. The van der Waals surface area contributed by atoms with Crippen LogP contribution in [0.3, 0.4) is 0 Å². The molecule has 1 N–H and O–H groups in total. The number of hydrogen-bond acceptors (Lipinski definition) is 4. The van der Waals surface area contributed by atoms with E-state index in [-0.39, 0.29) is 22.9 Å². The number of benzene rings is 1. The molecule has 35 heavy (non-hydrogen) atoms. The number of likely N-dealkylation sites (tertiary alicyclic amines) is 2. The fourth-order valence-electron chi connectivity index (χ4n) is 8.42. The molecule has 0 radical (unpaired) electrons. The molecule has 7 rings (SSSR count). The Morgan fingerprint density at radius 2 is 1.49 bits per heavy atom. The minimum Gasteiger partial charge on any atom is -0.497 e. The summed E-state index contributed by atoms with van der Waals surface area (Å²) in [7, 11) is 3.19. The summed E-state index contributed by atoms with van der Waals surface area (Å²) >= 11 is 0. The van der Waals surface area contributed by atoms with Crippen molar-refractivity contribution in [3.05, 3.63) is 23.8 Å². The van der Waals surface area contributed by atoms with Crippen molar-refractivity contribution in [1.29, 1.82) is 0 Å². The third-order valence-corrected chi connectivity index (χ3v) is 9.88. The van der Waals surface area contributed by atoms with E-state index in [9.17, 15) is 9.59 Å². The summed E-state index contributed by atoms with van der Waals surface area (Å²) < 4.78 is 10.8. The Labute approximate surface area is 208 Å². The molecular weight excluding hydrogens is 442 g/mol. The maximum atomic E-state index is 13.4. The van der Waals surface area contributed by atoms with Gasteiger partial charge in [-0.2, -0.15) is 0 Å². The van der Waals surface area contributed by atoms with E-state index in [1.54, 1.807) is 26.4 Å². The Balaban J connectivity index is 1.06. The van der Waals surface area contributed by atoms with E-state index in [0.29, 0.717) is 30.2 Å². The van der Waals surface area contributed by atoms with Crippen LogP contribution in [-0.2, 0) is 0 Å². The average Bonchev–Trinajstić information content (AvgIpc) is 3.26. The Bertz CT molecular complexity index is 965. The smallest absolute Gasteiger partial charge is 0.317 e. The topological polar surface area (TPSA) is 71.1 Å². The number of rotatable bonds is 4. The fraction of sp³-hybridized carbons (Fsp3) is 0.714. The van der Waals surface area contributed by atoms with Gasteiger partial charge in [-0.1, -0.05) is 0 Å². The van der Waals surface area contributed by atoms with Gasteiger partial charge in [-0.3, -0.25) is 4.79 Å². The van der Waals surface area contributed by atoms with Gasteiger partial charge in [-0.25, -0.2) is 4.79 Å². The summed E-state index contributed by atoms with van der Waals surface area (Å²) in [4.78, 5) is 30.7. The first kappa shape index (κ1) is 23.0. The van der Waals surface area contributed by atoms with Crippen LogP contribution in [0.15, 0.2) is 18.2 Å². The number of ether oxygens (including phenoxy) is 2. The van der Waals surface area contributed by atoms with Gasteiger partial charge in [-0.15, -0.1) is 0 Å². The second-order valence-electron chi connectivity index (χ2n) is 12.2. The van der Waals surface area contributed by atoms with Crippen molar-refractivity contribution < 1.29 is 19.1 Å². The van der Waals surface area contributed by atoms with E-state index in [1.165, 1.54) is 38.5 Å². The van der Waals surface area contributed by atoms with Crippen LogP contribution in [-0.4, -0.2) is 67.7 Å². The Morgan fingerprint density at radius 3 is 2.06 bits per heavy atom. The van der Waals surface area contributed by atoms with Crippen LogP contribution >= 0.6 is 0 Å². The number of urea groups is 1. The lowest BCUT2D eigenvalue weighted by atomic mass is 9.53. The van der Waals surface area contributed by atoms with Crippen molar-refractivity contribution in [2.45, 2.75) is 63.3 Å². The molecule has 1 aromatic rings. The van der Waals surface area contributed by atoms with Crippen molar-refractivity contribution in [2.24, 2.45) is 23.2 Å². The molecule has 7 heteroatoms. The van der Waals surface area contributed by atoms with Gasteiger partial charge >= 0.3 is 6.03 Å². The van der Waals surface area contributed by atoms with Crippen molar-refractivity contribution in [1.82, 2.24) is 15.1 Å². The molecule has 6 aliphatic rings. The predicted octanol–water partition coefficient (Wildman–Crippen LogP) is 4.31. The predicted molar refractivity (Wildman–Crippen MR) is 133 cm³/mol. The molecule has 7 nitrogen and oxygen atoms in total. The van der Waals surface area contributed by atoms with Crippen LogP contribution in [0, 0.1) is 23.2 Å². The molecule has 1 spiro atoms. The maximum Gasteiger partial charge on any atom is 0.317 e. The van der Waals surface area contributed by atoms with Gasteiger partial charge in [0.15, 0.2) is 0 Å². The first-order valence-electron chi connectivity index (χ1n) is 13.5. The van der Waals surface area contributed by atoms with E-state index in [1.807, 2.05) is 11.0 Å². The standard InChI is InChI=1S/C28H39N3O4/c1-34-22-3-4-24(35-2)23(14-22)25(32)30-8-5-27(6-9-30)7-10-31(18-27)26(33)29-28-15-19-11-20(16-28)13-21(12-19)17-28/h3-4,14,19-21H,5-13,15-18H2,1-2H3,(H,29,33). The lowest BCUT2D eigenvalue weighted by Gasteiger charge is -2.57. The van der Waals surface area contributed by atoms with Crippen molar-refractivity contribution in [3.63, 3.8) is 0 Å². The molecule has 4 saturated carbocycles. The maximum absolute atomic E-state index is 13.4. The molecule has 4 aliphatic carbocycles. The summed E-state index contributed by atoms with van der Waals surface area (Å²) in [6.07, 6.45) is 10.6. The monoisotopic (exact) mass is 481 g/mol. The SMILES string of the molecule is COc1ccc(OC)c(C(=O)N2CCC3(CCN(C(=O)NC45CC6CC(CC(C6)C4)C5)C3)CC2)c1. The number of piperidine rings is 1. The zero-order chi connectivity index (χ0) is 24.2. The molecular formula is C28H39N3O4. The Morgan fingerprint density at radius 1 is 0.886 bits per heavy atom. The van der Waals surface area contributed by atoms with Crippen LogP contribution < -0.4 is 14.8 Å². The van der Waals surface area contributed by atoms with Gasteiger partial charge in [0.25, 0.3) is 5.91 Å². The number of carbonyl (C=O) groups excluding carboxylic acids is 2. The summed E-state index contributed by atoms with van der Waals surface area (Å²) in [5.41, 5.74) is 0.743. The zero-order valence-electron chi connectivity index (χ0n) is 21.2. The van der Waals surface area contributed by atoms with E-state index in [4.69, 9.17) is 9.47 Å². The molecule has 4 bridgehead atoms. The van der Waals surface area contributed by atoms with Crippen LogP contribution in [0.1, 0.15) is 68.1 Å². The van der Waals surface area contributed by atoms with E-state index in [2.05, 4.69) is 10.2 Å². The highest BCUT2D eigenvalue weighted by Crippen LogP contribution is 2.55. The van der Waals surface area contributed by atoms with Crippen molar-refractivity contribution >= 4 is 11.9 Å². The normalized spacial score (nSPS) is 32.7. The molecule has 3 amide bonds. The van der Waals surface area contributed by atoms with Gasteiger partial charge in [-0.05, 0) is 99.2 Å². The highest BCUT2D eigenvalue weighted by Gasteiger charge is 2.52. The summed E-state index contributed by atoms with van der Waals surface area (Å²) in [5, 5.41) is 3.56. The molecule has 2 saturated heterocycles. The number of carbonyl (C=O) groups is 2. The number of nitrogens with zero attached hydrogens (tertiary/aromatic N) is 2. The minimum absolute atomic E-state index is 0.00925. The summed E-state index contributed by atoms with van der Waals surface area (Å²) in [6, 6.07) is 5.51. The van der Waals surface area contributed by atoms with Gasteiger partial charge in [0.1, 0.15) is 11.5 Å². The van der Waals surface area contributed by atoms with Gasteiger partial charge in [0.05, 0.1) is 19.8 Å². The van der Waals surface area contributed by atoms with Crippen LogP contribution in [0.4, 0.5) is 4.79 Å². The van der Waals surface area contributed by atoms with Crippen LogP contribution in [0.25, 0.3) is 0 Å². The minimum atomic E-state index is -0.00925. The first-order valence-corrected chi connectivity index (χ1v) is 13.5. The van der Waals surface area contributed by atoms with Gasteiger partial charge < -0.3 is 24.6 Å². The van der Waals surface area contributed by atoms with Crippen molar-refractivity contribution in [2.75, 3.05) is 40.4 Å². The molecule has 1 aromatic carbocycles. The molecule has 6 fully saturated rings. The molecule has 2 aliphatic heterocycles. The molecule has 190 valence electrons. The van der Waals surface area contributed by atoms with Gasteiger partial charge in [0.2, 0.25) is 0 Å². The largest absolute Gasteiger partial charge is 0.497 e. The first-order chi connectivity index (χ1) is 16.9. The second-order valence-corrected chi connectivity index (χ2v) is 12.2. The Kier molecular flexibility index (Phi) is 5.65. The molecule has 2 heterocycles. The molecule has 0 atom stereocenters. The van der Waals surface area contributed by atoms with Gasteiger partial charge in [0, 0.05) is 31.7 Å². The molecule has 0 unspecified atom stereocenters. The van der Waals surface area contributed by atoms with E-state index < -0.39 is 0 Å². The quantitative estimate of drug-likeness (QED) is 0.696. The highest BCUT2D eigenvalue weighted by molar-refractivity contribution is 5.97. The molecule has 0 aromatic heterocycles. The number of amides is 3. The summed E-state index contributed by atoms with van der Waals surface area (Å²) in [6.45, 7) is 3.07. The number of methoxy groups -OCH3 is 2. The Hall–Kier alpha value is -2.44. The zero-order valence-corrected chi connectivity index (χ0v) is 21.2. The van der Waals surface area contributed by atoms with Crippen molar-refractivity contribution in [3.8, 4) is 11.5 Å². The van der Waals surface area contributed by atoms with Crippen LogP contribution in [0.5, 0.6) is 11.5 Å². The average molecular weight is 482 g/mol. The number of hydrogen-bond donors (Lipinski definition) is 1. The second kappa shape index (κ2) is 8.59. The van der Waals surface area contributed by atoms with Crippen LogP contribution in [0.2, 0.25) is 0 Å². The lowest BCUT2D eigenvalue weighted by molar-refractivity contribution is -0.0156. The third-order valence-electron chi connectivity index (χ3n) is 9.88. The third kappa shape index (κ3) is 4.15. The highest BCUT2D eigenvalue weighted by atomic mass is 16.5.